The molecule has 4 heteroatoms. The number of anilines is 1. The first-order valence-electron chi connectivity index (χ1n) is 7.44. The lowest BCUT2D eigenvalue weighted by atomic mass is 10.1. The molecule has 0 bridgehead atoms. The van der Waals surface area contributed by atoms with Crippen molar-refractivity contribution in [1.82, 2.24) is 4.98 Å². The van der Waals surface area contributed by atoms with E-state index in [-0.39, 0.29) is 11.7 Å². The number of furan rings is 1. The predicted octanol–water partition coefficient (Wildman–Crippen LogP) is 4.52. The zero-order valence-electron chi connectivity index (χ0n) is 13.4. The zero-order chi connectivity index (χ0) is 16.4. The fourth-order valence-corrected chi connectivity index (χ4v) is 2.29. The first-order valence-corrected chi connectivity index (χ1v) is 7.44. The summed E-state index contributed by atoms with van der Waals surface area (Å²) in [6.45, 7) is 6.07. The van der Waals surface area contributed by atoms with E-state index in [4.69, 9.17) is 4.42 Å². The Bertz CT molecular complexity index is 865. The van der Waals surface area contributed by atoms with E-state index in [1.165, 1.54) is 11.1 Å². The number of hydrogen-bond donors (Lipinski definition) is 1. The Morgan fingerprint density at radius 3 is 2.57 bits per heavy atom. The van der Waals surface area contributed by atoms with Crippen LogP contribution in [0.3, 0.4) is 0 Å². The average molecular weight is 306 g/mol. The van der Waals surface area contributed by atoms with E-state index in [2.05, 4.69) is 30.2 Å². The van der Waals surface area contributed by atoms with Crippen LogP contribution in [0.2, 0.25) is 0 Å². The van der Waals surface area contributed by atoms with Gasteiger partial charge in [0.15, 0.2) is 5.76 Å². The molecule has 0 radical (unpaired) electrons. The van der Waals surface area contributed by atoms with E-state index >= 15 is 0 Å². The molecule has 1 aromatic carbocycles. The van der Waals surface area contributed by atoms with Crippen molar-refractivity contribution in [2.75, 3.05) is 5.32 Å². The lowest BCUT2D eigenvalue weighted by Gasteiger charge is -2.04. The van der Waals surface area contributed by atoms with Crippen LogP contribution in [0.4, 0.5) is 5.82 Å². The summed E-state index contributed by atoms with van der Waals surface area (Å²) < 4.78 is 5.69. The van der Waals surface area contributed by atoms with E-state index in [1.54, 1.807) is 12.3 Å². The lowest BCUT2D eigenvalue weighted by molar-refractivity contribution is 0.0997. The van der Waals surface area contributed by atoms with Crippen molar-refractivity contribution in [2.24, 2.45) is 0 Å². The summed E-state index contributed by atoms with van der Waals surface area (Å²) in [6.07, 6.45) is 1.66. The number of aryl methyl sites for hydroxylation is 3. The largest absolute Gasteiger partial charge is 0.451 e. The normalized spacial score (nSPS) is 10.6. The van der Waals surface area contributed by atoms with Gasteiger partial charge in [0.05, 0.1) is 0 Å². The molecular weight excluding hydrogens is 288 g/mol. The Labute approximate surface area is 135 Å². The molecule has 0 spiro atoms. The molecule has 116 valence electrons. The van der Waals surface area contributed by atoms with Gasteiger partial charge in [-0.05, 0) is 67.8 Å². The van der Waals surface area contributed by atoms with Gasteiger partial charge >= 0.3 is 0 Å². The van der Waals surface area contributed by atoms with Gasteiger partial charge in [-0.3, -0.25) is 4.79 Å². The van der Waals surface area contributed by atoms with E-state index in [0.717, 1.165) is 11.1 Å². The number of hydrogen-bond acceptors (Lipinski definition) is 3. The van der Waals surface area contributed by atoms with E-state index in [9.17, 15) is 4.79 Å². The summed E-state index contributed by atoms with van der Waals surface area (Å²) >= 11 is 0. The van der Waals surface area contributed by atoms with Gasteiger partial charge in [-0.2, -0.15) is 0 Å². The minimum Gasteiger partial charge on any atom is -0.451 e. The molecule has 0 atom stereocenters. The second kappa shape index (κ2) is 6.08. The zero-order valence-corrected chi connectivity index (χ0v) is 13.4. The maximum Gasteiger partial charge on any atom is 0.292 e. The quantitative estimate of drug-likeness (QED) is 0.774. The number of amides is 1. The van der Waals surface area contributed by atoms with Crippen LogP contribution >= 0.6 is 0 Å². The molecule has 1 amide bonds. The monoisotopic (exact) mass is 306 g/mol. The fraction of sp³-hybridized carbons (Fsp3) is 0.158. The van der Waals surface area contributed by atoms with Crippen LogP contribution in [0.5, 0.6) is 0 Å². The van der Waals surface area contributed by atoms with Crippen LogP contribution in [-0.4, -0.2) is 10.9 Å². The van der Waals surface area contributed by atoms with Crippen LogP contribution < -0.4 is 5.32 Å². The lowest BCUT2D eigenvalue weighted by Crippen LogP contribution is -2.11. The molecule has 1 N–H and O–H groups in total. The highest BCUT2D eigenvalue weighted by molar-refractivity contribution is 6.02. The van der Waals surface area contributed by atoms with Crippen LogP contribution in [0, 0.1) is 20.8 Å². The van der Waals surface area contributed by atoms with Crippen LogP contribution in [0.25, 0.3) is 11.3 Å². The number of carbonyl (C=O) groups is 1. The van der Waals surface area contributed by atoms with Gasteiger partial charge in [-0.15, -0.1) is 0 Å². The maximum atomic E-state index is 12.2. The molecule has 0 unspecified atom stereocenters. The van der Waals surface area contributed by atoms with Gasteiger partial charge in [0.2, 0.25) is 0 Å². The smallest absolute Gasteiger partial charge is 0.292 e. The topological polar surface area (TPSA) is 55.1 Å². The highest BCUT2D eigenvalue weighted by Crippen LogP contribution is 2.24. The van der Waals surface area contributed by atoms with Gasteiger partial charge in [-0.25, -0.2) is 4.98 Å². The van der Waals surface area contributed by atoms with Crippen LogP contribution in [-0.2, 0) is 0 Å². The molecule has 2 aromatic heterocycles. The summed E-state index contributed by atoms with van der Waals surface area (Å²) in [5, 5.41) is 2.74. The minimum absolute atomic E-state index is 0.265. The van der Waals surface area contributed by atoms with Crippen molar-refractivity contribution in [3.8, 4) is 11.3 Å². The molecular formula is C19H18N2O2. The molecule has 0 fully saturated rings. The summed E-state index contributed by atoms with van der Waals surface area (Å²) in [6, 6.07) is 13.3. The fourth-order valence-electron chi connectivity index (χ4n) is 2.29. The number of nitrogens with one attached hydrogen (secondary N) is 1. The van der Waals surface area contributed by atoms with E-state index in [1.807, 2.05) is 37.3 Å². The van der Waals surface area contributed by atoms with Crippen molar-refractivity contribution in [3.05, 3.63) is 71.1 Å². The Kier molecular flexibility index (Phi) is 3.98. The molecule has 23 heavy (non-hydrogen) atoms. The van der Waals surface area contributed by atoms with Crippen LogP contribution in [0.15, 0.2) is 53.1 Å². The molecule has 0 saturated carbocycles. The third-order valence-electron chi connectivity index (χ3n) is 3.78. The highest BCUT2D eigenvalue weighted by Gasteiger charge is 2.13. The number of pyridine rings is 1. The van der Waals surface area contributed by atoms with Gasteiger partial charge in [0, 0.05) is 11.8 Å². The van der Waals surface area contributed by atoms with Crippen molar-refractivity contribution in [2.45, 2.75) is 20.8 Å². The molecule has 2 heterocycles. The SMILES string of the molecule is Cc1ccnc(NC(=O)c2ccc(-c3ccc(C)c(C)c3)o2)c1. The van der Waals surface area contributed by atoms with Gasteiger partial charge < -0.3 is 9.73 Å². The number of carbonyl (C=O) groups excluding carboxylic acids is 1. The Morgan fingerprint density at radius 2 is 1.83 bits per heavy atom. The Hall–Kier alpha value is -2.88. The average Bonchev–Trinajstić information content (AvgIpc) is 3.00. The molecule has 0 aliphatic rings. The number of benzene rings is 1. The third-order valence-corrected chi connectivity index (χ3v) is 3.78. The minimum atomic E-state index is -0.307. The van der Waals surface area contributed by atoms with E-state index in [0.29, 0.717) is 11.6 Å². The predicted molar refractivity (Wildman–Crippen MR) is 90.5 cm³/mol. The number of nitrogens with zero attached hydrogens (tertiary/aromatic N) is 1. The van der Waals surface area contributed by atoms with Gasteiger partial charge in [0.25, 0.3) is 5.91 Å². The second-order valence-corrected chi connectivity index (χ2v) is 5.64. The second-order valence-electron chi connectivity index (χ2n) is 5.64. The van der Waals surface area contributed by atoms with Crippen molar-refractivity contribution < 1.29 is 9.21 Å². The molecule has 0 aliphatic carbocycles. The van der Waals surface area contributed by atoms with Crippen molar-refractivity contribution >= 4 is 11.7 Å². The first-order chi connectivity index (χ1) is 11.0. The van der Waals surface area contributed by atoms with Gasteiger partial charge in [0.1, 0.15) is 11.6 Å². The molecule has 3 aromatic rings. The first kappa shape index (κ1) is 15.0. The highest BCUT2D eigenvalue weighted by atomic mass is 16.3. The number of aromatic nitrogens is 1. The maximum absolute atomic E-state index is 12.2. The standard InChI is InChI=1S/C19H18N2O2/c1-12-8-9-20-18(10-12)21-19(22)17-7-6-16(23-17)15-5-4-13(2)14(3)11-15/h4-11H,1-3H3,(H,20,21,22). The summed E-state index contributed by atoms with van der Waals surface area (Å²) in [5.74, 6) is 1.15. The van der Waals surface area contributed by atoms with E-state index < -0.39 is 0 Å². The van der Waals surface area contributed by atoms with Gasteiger partial charge in [-0.1, -0.05) is 12.1 Å². The van der Waals surface area contributed by atoms with Crippen molar-refractivity contribution in [1.29, 1.82) is 0 Å². The van der Waals surface area contributed by atoms with Crippen molar-refractivity contribution in [3.63, 3.8) is 0 Å². The Morgan fingerprint density at radius 1 is 1.00 bits per heavy atom. The summed E-state index contributed by atoms with van der Waals surface area (Å²) in [4.78, 5) is 16.4. The summed E-state index contributed by atoms with van der Waals surface area (Å²) in [7, 11) is 0. The number of rotatable bonds is 3. The molecule has 4 nitrogen and oxygen atoms in total. The molecule has 3 rings (SSSR count). The third kappa shape index (κ3) is 3.31. The molecule has 0 saturated heterocycles. The van der Waals surface area contributed by atoms with Crippen LogP contribution in [0.1, 0.15) is 27.2 Å². The Balaban J connectivity index is 1.81. The molecule has 0 aliphatic heterocycles. The summed E-state index contributed by atoms with van der Waals surface area (Å²) in [5.41, 5.74) is 4.41.